The molecule has 1 aromatic carbocycles. The molecule has 8 heteroatoms. The summed E-state index contributed by atoms with van der Waals surface area (Å²) in [5, 5.41) is 16.8. The summed E-state index contributed by atoms with van der Waals surface area (Å²) in [5.41, 5.74) is 2.32. The summed E-state index contributed by atoms with van der Waals surface area (Å²) in [7, 11) is 1.78. The van der Waals surface area contributed by atoms with Crippen molar-refractivity contribution in [2.75, 3.05) is 43.1 Å². The summed E-state index contributed by atoms with van der Waals surface area (Å²) in [4.78, 5) is 14.8. The van der Waals surface area contributed by atoms with Gasteiger partial charge < -0.3 is 24.8 Å². The van der Waals surface area contributed by atoms with E-state index in [1.54, 1.807) is 24.0 Å². The number of nitrogens with one attached hydrogen (secondary N) is 1. The van der Waals surface area contributed by atoms with E-state index in [-0.39, 0.29) is 12.5 Å². The number of fused-ring (bicyclic) bond motifs is 1. The van der Waals surface area contributed by atoms with Crippen molar-refractivity contribution in [2.45, 2.75) is 18.9 Å². The first-order chi connectivity index (χ1) is 13.0. The minimum absolute atomic E-state index is 0.0653. The predicted octanol–water partition coefficient (Wildman–Crippen LogP) is 1.19. The van der Waals surface area contributed by atoms with Crippen molar-refractivity contribution < 1.29 is 19.4 Å². The number of aliphatic hydroxyl groups is 1. The lowest BCUT2D eigenvalue weighted by Gasteiger charge is -2.31. The van der Waals surface area contributed by atoms with E-state index in [9.17, 15) is 9.90 Å². The molecule has 0 aliphatic carbocycles. The number of aromatic nitrogens is 2. The second-order valence-electron chi connectivity index (χ2n) is 7.29. The molecule has 0 saturated carbocycles. The number of aliphatic hydroxyl groups excluding tert-OH is 1. The Balaban J connectivity index is 1.68. The molecule has 1 amide bonds. The number of amides is 1. The first-order valence-electron chi connectivity index (χ1n) is 9.08. The molecular weight excluding hydrogens is 348 g/mol. The van der Waals surface area contributed by atoms with Crippen molar-refractivity contribution in [2.24, 2.45) is 7.05 Å². The maximum Gasteiger partial charge on any atom is 0.276 e. The summed E-state index contributed by atoms with van der Waals surface area (Å²) in [5.74, 6) is 0.498. The lowest BCUT2D eigenvalue weighted by molar-refractivity contribution is 0.0446. The van der Waals surface area contributed by atoms with Crippen molar-refractivity contribution in [3.05, 3.63) is 35.7 Å². The molecule has 2 N–H and O–H groups in total. The van der Waals surface area contributed by atoms with Crippen LogP contribution in [0.25, 0.3) is 0 Å². The Morgan fingerprint density at radius 2 is 2.15 bits per heavy atom. The van der Waals surface area contributed by atoms with Crippen LogP contribution in [-0.2, 0) is 18.2 Å². The van der Waals surface area contributed by atoms with Crippen molar-refractivity contribution in [3.8, 4) is 5.75 Å². The molecule has 27 heavy (non-hydrogen) atoms. The standard InChI is InChI=1S/C19H24N4O4/c1-19(12-24)11-13-9-15(20-18(25)14-3-4-22(2)21-14)16(10-17(13)27-19)23-5-7-26-8-6-23/h3-4,9-10,24H,5-8,11-12H2,1-2H3,(H,20,25)/t19-/m1/s1. The average molecular weight is 372 g/mol. The molecule has 2 aliphatic rings. The molecule has 1 saturated heterocycles. The van der Waals surface area contributed by atoms with Gasteiger partial charge in [0.2, 0.25) is 0 Å². The summed E-state index contributed by atoms with van der Waals surface area (Å²) in [6, 6.07) is 5.58. The van der Waals surface area contributed by atoms with Crippen LogP contribution in [0.5, 0.6) is 5.75 Å². The molecule has 2 aromatic rings. The molecule has 0 radical (unpaired) electrons. The Labute approximate surface area is 157 Å². The van der Waals surface area contributed by atoms with E-state index >= 15 is 0 Å². The average Bonchev–Trinajstić information content (AvgIpc) is 3.24. The first kappa shape index (κ1) is 17.8. The molecule has 4 rings (SSSR count). The molecule has 1 atom stereocenters. The second-order valence-corrected chi connectivity index (χ2v) is 7.29. The minimum atomic E-state index is -0.631. The molecular formula is C19H24N4O4. The molecule has 144 valence electrons. The van der Waals surface area contributed by atoms with Gasteiger partial charge in [-0.25, -0.2) is 0 Å². The Kier molecular flexibility index (Phi) is 4.53. The topological polar surface area (TPSA) is 88.9 Å². The minimum Gasteiger partial charge on any atom is -0.484 e. The molecule has 3 heterocycles. The second kappa shape index (κ2) is 6.86. The lowest BCUT2D eigenvalue weighted by Crippen LogP contribution is -2.37. The number of aryl methyl sites for hydroxylation is 1. The van der Waals surface area contributed by atoms with Gasteiger partial charge >= 0.3 is 0 Å². The van der Waals surface area contributed by atoms with Gasteiger partial charge in [0.25, 0.3) is 5.91 Å². The molecule has 1 aromatic heterocycles. The van der Waals surface area contributed by atoms with E-state index < -0.39 is 5.60 Å². The predicted molar refractivity (Wildman–Crippen MR) is 100 cm³/mol. The smallest absolute Gasteiger partial charge is 0.276 e. The Bertz CT molecular complexity index is 859. The van der Waals surface area contributed by atoms with Gasteiger partial charge in [-0.2, -0.15) is 5.10 Å². The third-order valence-electron chi connectivity index (χ3n) is 4.98. The molecule has 0 spiro atoms. The van der Waals surface area contributed by atoms with Gasteiger partial charge in [0.05, 0.1) is 31.2 Å². The Morgan fingerprint density at radius 3 is 2.81 bits per heavy atom. The number of rotatable bonds is 4. The van der Waals surface area contributed by atoms with Crippen molar-refractivity contribution in [1.29, 1.82) is 0 Å². The van der Waals surface area contributed by atoms with Gasteiger partial charge in [0.1, 0.15) is 11.4 Å². The zero-order valence-electron chi connectivity index (χ0n) is 15.6. The molecule has 0 unspecified atom stereocenters. The van der Waals surface area contributed by atoms with Crippen molar-refractivity contribution >= 4 is 17.3 Å². The maximum absolute atomic E-state index is 12.6. The number of hydrogen-bond acceptors (Lipinski definition) is 6. The zero-order chi connectivity index (χ0) is 19.0. The number of benzene rings is 1. The van der Waals surface area contributed by atoms with Crippen molar-refractivity contribution in [3.63, 3.8) is 0 Å². The number of carbonyl (C=O) groups is 1. The van der Waals surface area contributed by atoms with Gasteiger partial charge in [0, 0.05) is 44.4 Å². The SMILES string of the molecule is Cn1ccc(C(=O)Nc2cc3c(cc2N2CCOCC2)O[C@@](C)(CO)C3)n1. The Morgan fingerprint density at radius 1 is 1.37 bits per heavy atom. The lowest BCUT2D eigenvalue weighted by atomic mass is 9.99. The molecule has 1 fully saturated rings. The quantitative estimate of drug-likeness (QED) is 0.838. The maximum atomic E-state index is 12.6. The number of carbonyl (C=O) groups excluding carboxylic acids is 1. The summed E-state index contributed by atoms with van der Waals surface area (Å²) < 4.78 is 13.0. The van der Waals surface area contributed by atoms with Crippen LogP contribution < -0.4 is 15.0 Å². The summed E-state index contributed by atoms with van der Waals surface area (Å²) in [6.45, 7) is 4.57. The monoisotopic (exact) mass is 372 g/mol. The van der Waals surface area contributed by atoms with Gasteiger partial charge in [0.15, 0.2) is 5.69 Å². The first-order valence-corrected chi connectivity index (χ1v) is 9.08. The van der Waals surface area contributed by atoms with Gasteiger partial charge in [-0.3, -0.25) is 9.48 Å². The highest BCUT2D eigenvalue weighted by atomic mass is 16.5. The van der Waals surface area contributed by atoms with Crippen LogP contribution in [0, 0.1) is 0 Å². The number of nitrogens with zero attached hydrogens (tertiary/aromatic N) is 3. The third kappa shape index (κ3) is 3.50. The summed E-state index contributed by atoms with van der Waals surface area (Å²) >= 11 is 0. The fourth-order valence-electron chi connectivity index (χ4n) is 3.53. The number of morpholine rings is 1. The number of ether oxygens (including phenoxy) is 2. The van der Waals surface area contributed by atoms with Crippen LogP contribution in [-0.4, -0.2) is 59.3 Å². The van der Waals surface area contributed by atoms with Crippen LogP contribution in [0.2, 0.25) is 0 Å². The highest BCUT2D eigenvalue weighted by Crippen LogP contribution is 2.42. The highest BCUT2D eigenvalue weighted by Gasteiger charge is 2.35. The van der Waals surface area contributed by atoms with Gasteiger partial charge in [-0.15, -0.1) is 0 Å². The number of anilines is 2. The van der Waals surface area contributed by atoms with E-state index in [1.165, 1.54) is 0 Å². The van der Waals surface area contributed by atoms with Crippen LogP contribution in [0.4, 0.5) is 11.4 Å². The Hall–Kier alpha value is -2.58. The molecule has 8 nitrogen and oxygen atoms in total. The summed E-state index contributed by atoms with van der Waals surface area (Å²) in [6.07, 6.45) is 2.33. The van der Waals surface area contributed by atoms with Crippen LogP contribution in [0.1, 0.15) is 23.0 Å². The third-order valence-corrected chi connectivity index (χ3v) is 4.98. The fourth-order valence-corrected chi connectivity index (χ4v) is 3.53. The number of hydrogen-bond donors (Lipinski definition) is 2. The normalized spacial score (nSPS) is 21.7. The van der Waals surface area contributed by atoms with E-state index in [0.29, 0.717) is 25.3 Å². The van der Waals surface area contributed by atoms with Crippen LogP contribution >= 0.6 is 0 Å². The highest BCUT2D eigenvalue weighted by molar-refractivity contribution is 6.05. The van der Waals surface area contributed by atoms with Gasteiger partial charge in [-0.05, 0) is 19.1 Å². The largest absolute Gasteiger partial charge is 0.484 e. The van der Waals surface area contributed by atoms with E-state index in [0.717, 1.165) is 35.8 Å². The van der Waals surface area contributed by atoms with E-state index in [1.807, 2.05) is 19.1 Å². The molecule has 0 bridgehead atoms. The van der Waals surface area contributed by atoms with E-state index in [4.69, 9.17) is 9.47 Å². The van der Waals surface area contributed by atoms with Crippen LogP contribution in [0.15, 0.2) is 24.4 Å². The fraction of sp³-hybridized carbons (Fsp3) is 0.474. The van der Waals surface area contributed by atoms with Crippen molar-refractivity contribution in [1.82, 2.24) is 9.78 Å². The van der Waals surface area contributed by atoms with Crippen LogP contribution in [0.3, 0.4) is 0 Å². The van der Waals surface area contributed by atoms with Gasteiger partial charge in [-0.1, -0.05) is 0 Å². The van der Waals surface area contributed by atoms with E-state index in [2.05, 4.69) is 15.3 Å². The zero-order valence-corrected chi connectivity index (χ0v) is 15.6. The molecule has 2 aliphatic heterocycles.